The third kappa shape index (κ3) is 1.94. The third-order valence-corrected chi connectivity index (χ3v) is 1.83. The van der Waals surface area contributed by atoms with Gasteiger partial charge in [0.25, 0.3) is 0 Å². The topological polar surface area (TPSA) is 44.3 Å². The summed E-state index contributed by atoms with van der Waals surface area (Å²) < 4.78 is 7.36. The molecule has 1 rings (SSSR count). The van der Waals surface area contributed by atoms with Gasteiger partial charge in [0, 0.05) is 25.7 Å². The minimum atomic E-state index is -0.722. The van der Waals surface area contributed by atoms with E-state index in [2.05, 4.69) is 5.32 Å². The summed E-state index contributed by atoms with van der Waals surface area (Å²) >= 11 is 0. The first-order chi connectivity index (χ1) is 5.00. The summed E-state index contributed by atoms with van der Waals surface area (Å²) in [4.78, 5) is 0. The van der Waals surface area contributed by atoms with Gasteiger partial charge in [-0.1, -0.05) is 0 Å². The monoisotopic (exact) mass is 145 g/mol. The van der Waals surface area contributed by atoms with Crippen molar-refractivity contribution in [3.63, 3.8) is 0 Å². The van der Waals surface area contributed by atoms with E-state index >= 15 is 0 Å². The van der Waals surface area contributed by atoms with Crippen LogP contribution >= 0.6 is 0 Å². The van der Waals surface area contributed by atoms with Gasteiger partial charge in [-0.05, 0) is 13.8 Å². The summed E-state index contributed by atoms with van der Waals surface area (Å²) in [6.45, 7) is 5.67. The average molecular weight is 145 g/mol. The fourth-order valence-electron chi connectivity index (χ4n) is 1.08. The number of nitrogens with one attached hydrogen (secondary N) is 2. The van der Waals surface area contributed by atoms with E-state index in [1.807, 2.05) is 0 Å². The van der Waals surface area contributed by atoms with Crippen molar-refractivity contribution < 1.29 is 6.52 Å². The SMILES string of the molecule is [2H]N1CCNC(C(C)(C)O)C1. The molecule has 0 aliphatic carbocycles. The molecular formula is C7H16N2O. The van der Waals surface area contributed by atoms with Crippen LogP contribution in [0.5, 0.6) is 0 Å². The smallest absolute Gasteiger partial charge is 0.122 e. The molecule has 3 heteroatoms. The predicted octanol–water partition coefficient (Wildman–Crippen LogP) is -0.681. The summed E-state index contributed by atoms with van der Waals surface area (Å²) in [7, 11) is 0. The Kier molecular flexibility index (Phi) is 1.88. The number of piperazine rings is 1. The molecule has 0 radical (unpaired) electrons. The van der Waals surface area contributed by atoms with Gasteiger partial charge in [-0.15, -0.1) is 0 Å². The highest BCUT2D eigenvalue weighted by atomic mass is 16.3. The highest BCUT2D eigenvalue weighted by Crippen LogP contribution is 2.08. The second kappa shape index (κ2) is 2.86. The number of rotatable bonds is 1. The second-order valence-electron chi connectivity index (χ2n) is 3.29. The first-order valence-corrected chi connectivity index (χ1v) is 3.70. The van der Waals surface area contributed by atoms with Crippen molar-refractivity contribution in [3.8, 4) is 0 Å². The zero-order valence-corrected chi connectivity index (χ0v) is 6.59. The van der Waals surface area contributed by atoms with Crippen LogP contribution in [0.3, 0.4) is 0 Å². The molecule has 0 amide bonds. The molecule has 0 aromatic carbocycles. The van der Waals surface area contributed by atoms with Crippen LogP contribution in [0.25, 0.3) is 0 Å². The highest BCUT2D eigenvalue weighted by molar-refractivity contribution is 4.88. The summed E-state index contributed by atoms with van der Waals surface area (Å²) in [5, 5.41) is 14.3. The summed E-state index contributed by atoms with van der Waals surface area (Å²) in [5.41, 5.74) is -0.722. The van der Waals surface area contributed by atoms with Crippen LogP contribution in [0.4, 0.5) is 0 Å². The Morgan fingerprint density at radius 1 is 1.60 bits per heavy atom. The lowest BCUT2D eigenvalue weighted by Crippen LogP contribution is -2.57. The summed E-state index contributed by atoms with van der Waals surface area (Å²) in [5.74, 6) is 0. The number of aliphatic hydroxyl groups is 1. The Hall–Kier alpha value is -0.120. The van der Waals surface area contributed by atoms with Gasteiger partial charge < -0.3 is 15.7 Å². The van der Waals surface area contributed by atoms with Crippen molar-refractivity contribution in [2.45, 2.75) is 25.5 Å². The maximum Gasteiger partial charge on any atom is 0.122 e. The molecule has 0 aromatic heterocycles. The Balaban J connectivity index is 2.46. The zero-order valence-electron chi connectivity index (χ0n) is 7.59. The summed E-state index contributed by atoms with van der Waals surface area (Å²) in [6.07, 6.45) is 0. The normalized spacial score (nSPS) is 31.9. The predicted molar refractivity (Wildman–Crippen MR) is 41.0 cm³/mol. The Labute approximate surface area is 63.3 Å². The van der Waals surface area contributed by atoms with E-state index in [0.717, 1.165) is 13.1 Å². The van der Waals surface area contributed by atoms with Gasteiger partial charge in [-0.2, -0.15) is 0 Å². The maximum atomic E-state index is 9.59. The lowest BCUT2D eigenvalue weighted by atomic mass is 9.98. The van der Waals surface area contributed by atoms with E-state index < -0.39 is 5.60 Å². The molecule has 3 N–H and O–H groups in total. The van der Waals surface area contributed by atoms with Gasteiger partial charge in [0.1, 0.15) is 1.41 Å². The first-order valence-electron chi connectivity index (χ1n) is 4.14. The third-order valence-electron chi connectivity index (χ3n) is 1.83. The zero-order chi connectivity index (χ0) is 8.48. The number of hydrogen-bond acceptors (Lipinski definition) is 3. The van der Waals surface area contributed by atoms with E-state index in [4.69, 9.17) is 1.41 Å². The van der Waals surface area contributed by atoms with E-state index in [0.29, 0.717) is 6.54 Å². The quantitative estimate of drug-likeness (QED) is 0.458. The number of hydrogen-bond donors (Lipinski definition) is 3. The van der Waals surface area contributed by atoms with Crippen molar-refractivity contribution in [3.05, 3.63) is 0 Å². The first kappa shape index (κ1) is 6.58. The molecular weight excluding hydrogens is 128 g/mol. The van der Waals surface area contributed by atoms with Crippen molar-refractivity contribution >= 4 is 0 Å². The lowest BCUT2D eigenvalue weighted by molar-refractivity contribution is 0.0328. The fraction of sp³-hybridized carbons (Fsp3) is 1.00. The van der Waals surface area contributed by atoms with Crippen LogP contribution in [0.15, 0.2) is 0 Å². The van der Waals surface area contributed by atoms with Crippen LogP contribution in [0.2, 0.25) is 1.41 Å². The van der Waals surface area contributed by atoms with Gasteiger partial charge in [0.05, 0.1) is 5.60 Å². The fourth-order valence-corrected chi connectivity index (χ4v) is 1.08. The molecule has 60 valence electrons. The molecule has 3 nitrogen and oxygen atoms in total. The van der Waals surface area contributed by atoms with Crippen LogP contribution in [-0.4, -0.2) is 36.4 Å². The van der Waals surface area contributed by atoms with Gasteiger partial charge in [0.2, 0.25) is 0 Å². The Bertz CT molecular complexity index is 135. The van der Waals surface area contributed by atoms with Gasteiger partial charge in [-0.25, -0.2) is 0 Å². The van der Waals surface area contributed by atoms with Crippen molar-refractivity contribution in [1.29, 1.82) is 0 Å². The highest BCUT2D eigenvalue weighted by Gasteiger charge is 2.27. The molecule has 0 spiro atoms. The molecule has 0 saturated carbocycles. The van der Waals surface area contributed by atoms with Gasteiger partial charge >= 0.3 is 0 Å². The van der Waals surface area contributed by atoms with E-state index in [1.165, 1.54) is 5.31 Å². The van der Waals surface area contributed by atoms with Crippen molar-refractivity contribution in [1.82, 2.24) is 10.6 Å². The summed E-state index contributed by atoms with van der Waals surface area (Å²) in [6, 6.07) is 0.0220. The second-order valence-corrected chi connectivity index (χ2v) is 3.29. The molecule has 1 fully saturated rings. The van der Waals surface area contributed by atoms with Crippen LogP contribution in [-0.2, 0) is 0 Å². The van der Waals surface area contributed by atoms with Crippen LogP contribution in [0.1, 0.15) is 13.8 Å². The maximum absolute atomic E-state index is 9.59. The van der Waals surface area contributed by atoms with E-state index in [9.17, 15) is 5.11 Å². The van der Waals surface area contributed by atoms with E-state index in [-0.39, 0.29) is 6.04 Å². The average Bonchev–Trinajstić information content (AvgIpc) is 1.86. The lowest BCUT2D eigenvalue weighted by Gasteiger charge is -2.33. The van der Waals surface area contributed by atoms with Gasteiger partial charge in [0.15, 0.2) is 0 Å². The van der Waals surface area contributed by atoms with Crippen molar-refractivity contribution in [2.75, 3.05) is 19.6 Å². The molecule has 0 bridgehead atoms. The Morgan fingerprint density at radius 2 is 2.30 bits per heavy atom. The molecule has 0 aromatic rings. The molecule has 1 saturated heterocycles. The molecule has 1 heterocycles. The molecule has 1 aliphatic rings. The van der Waals surface area contributed by atoms with Crippen LogP contribution in [0, 0.1) is 0 Å². The minimum absolute atomic E-state index is 0.0220. The minimum Gasteiger partial charge on any atom is -0.389 e. The van der Waals surface area contributed by atoms with Crippen molar-refractivity contribution in [2.24, 2.45) is 0 Å². The van der Waals surface area contributed by atoms with E-state index in [1.54, 1.807) is 13.8 Å². The largest absolute Gasteiger partial charge is 0.389 e. The molecule has 1 atom stereocenters. The Morgan fingerprint density at radius 3 is 2.70 bits per heavy atom. The molecule has 10 heavy (non-hydrogen) atoms. The van der Waals surface area contributed by atoms with Crippen LogP contribution < -0.4 is 10.6 Å². The standard InChI is InChI=1S/C7H16N2O/c1-7(2,10)6-5-8-3-4-9-6/h6,8-10H,3-5H2,1-2H3/i/hD. The molecule has 1 unspecified atom stereocenters. The molecule has 1 aliphatic heterocycles. The van der Waals surface area contributed by atoms with Gasteiger partial charge in [-0.3, -0.25) is 0 Å².